The Bertz CT molecular complexity index is 506. The number of hydrogen-bond donors (Lipinski definition) is 1. The molecule has 0 amide bonds. The fraction of sp³-hybridized carbons (Fsp3) is 0.667. The van der Waals surface area contributed by atoms with Gasteiger partial charge in [-0.25, -0.2) is 9.97 Å². The normalized spacial score (nSPS) is 17.9. The summed E-state index contributed by atoms with van der Waals surface area (Å²) in [5.41, 5.74) is -0.429. The molecule has 0 bridgehead atoms. The molecule has 2 rings (SSSR count). The Kier molecular flexibility index (Phi) is 4.03. The number of anilines is 2. The van der Waals surface area contributed by atoms with Crippen LogP contribution in [0.2, 0.25) is 0 Å². The zero-order valence-electron chi connectivity index (χ0n) is 11.9. The number of ether oxygens (including phenoxy) is 1. The Morgan fingerprint density at radius 1 is 1.55 bits per heavy atom. The minimum Gasteiger partial charge on any atom is -0.372 e. The minimum atomic E-state index is -0.435. The summed E-state index contributed by atoms with van der Waals surface area (Å²) < 4.78 is 5.62. The number of nitrogens with zero attached hydrogens (tertiary/aromatic N) is 4. The Balaban J connectivity index is 2.40. The second-order valence-electron chi connectivity index (χ2n) is 5.21. The maximum absolute atomic E-state index is 11.3. The number of aromatic nitrogens is 2. The molecule has 20 heavy (non-hydrogen) atoms. The first-order valence-corrected chi connectivity index (χ1v) is 6.57. The maximum atomic E-state index is 11.3. The summed E-state index contributed by atoms with van der Waals surface area (Å²) in [6, 6.07) is 0. The minimum absolute atomic E-state index is 0.0768. The molecule has 0 spiro atoms. The van der Waals surface area contributed by atoms with Gasteiger partial charge >= 0.3 is 5.69 Å². The molecule has 1 aromatic heterocycles. The predicted octanol–water partition coefficient (Wildman–Crippen LogP) is 1.43. The molecule has 1 fully saturated rings. The summed E-state index contributed by atoms with van der Waals surface area (Å²) in [6.45, 7) is 7.98. The number of morpholine rings is 1. The van der Waals surface area contributed by atoms with E-state index in [1.54, 1.807) is 0 Å². The molecule has 0 aromatic carbocycles. The summed E-state index contributed by atoms with van der Waals surface area (Å²) in [5, 5.41) is 14.3. The van der Waals surface area contributed by atoms with Gasteiger partial charge in [-0.15, -0.1) is 0 Å². The number of rotatable bonds is 4. The van der Waals surface area contributed by atoms with Crippen LogP contribution in [0.15, 0.2) is 6.33 Å². The molecule has 1 aliphatic rings. The lowest BCUT2D eigenvalue weighted by Gasteiger charge is -2.38. The van der Waals surface area contributed by atoms with Crippen molar-refractivity contribution in [2.75, 3.05) is 36.5 Å². The van der Waals surface area contributed by atoms with Crippen LogP contribution in [0.4, 0.5) is 17.3 Å². The van der Waals surface area contributed by atoms with Gasteiger partial charge in [0.15, 0.2) is 0 Å². The lowest BCUT2D eigenvalue weighted by molar-refractivity contribution is -0.383. The predicted molar refractivity (Wildman–Crippen MR) is 75.1 cm³/mol. The highest BCUT2D eigenvalue weighted by Gasteiger charge is 2.33. The average molecular weight is 281 g/mol. The third kappa shape index (κ3) is 2.96. The van der Waals surface area contributed by atoms with Gasteiger partial charge in [0, 0.05) is 19.6 Å². The van der Waals surface area contributed by atoms with Crippen molar-refractivity contribution >= 4 is 17.3 Å². The van der Waals surface area contributed by atoms with Gasteiger partial charge < -0.3 is 15.0 Å². The molecule has 8 nitrogen and oxygen atoms in total. The standard InChI is InChI=1S/C12H19N5O3/c1-4-13-10-9(17(18)19)11(15-8-14-10)16-5-6-20-12(2,3)7-16/h8H,4-7H2,1-3H3,(H,13,14,15). The van der Waals surface area contributed by atoms with E-state index in [9.17, 15) is 10.1 Å². The fourth-order valence-electron chi connectivity index (χ4n) is 2.26. The Morgan fingerprint density at radius 3 is 2.90 bits per heavy atom. The second-order valence-corrected chi connectivity index (χ2v) is 5.21. The molecule has 0 aliphatic carbocycles. The zero-order valence-corrected chi connectivity index (χ0v) is 11.9. The first-order valence-electron chi connectivity index (χ1n) is 6.57. The summed E-state index contributed by atoms with van der Waals surface area (Å²) in [7, 11) is 0. The average Bonchev–Trinajstić information content (AvgIpc) is 2.37. The van der Waals surface area contributed by atoms with E-state index in [0.29, 0.717) is 32.1 Å². The molecule has 1 N–H and O–H groups in total. The highest BCUT2D eigenvalue weighted by atomic mass is 16.6. The van der Waals surface area contributed by atoms with E-state index in [0.717, 1.165) is 0 Å². The van der Waals surface area contributed by atoms with Crippen LogP contribution in [0.1, 0.15) is 20.8 Å². The largest absolute Gasteiger partial charge is 0.372 e. The molecule has 1 aliphatic heterocycles. The van der Waals surface area contributed by atoms with Crippen LogP contribution in [0.3, 0.4) is 0 Å². The Hall–Kier alpha value is -1.96. The van der Waals surface area contributed by atoms with Crippen molar-refractivity contribution in [2.24, 2.45) is 0 Å². The van der Waals surface area contributed by atoms with Crippen molar-refractivity contribution in [3.63, 3.8) is 0 Å². The number of nitro groups is 1. The molecule has 1 aromatic rings. The van der Waals surface area contributed by atoms with Gasteiger partial charge in [0.1, 0.15) is 6.33 Å². The van der Waals surface area contributed by atoms with Gasteiger partial charge in [-0.2, -0.15) is 0 Å². The van der Waals surface area contributed by atoms with Crippen molar-refractivity contribution in [2.45, 2.75) is 26.4 Å². The van der Waals surface area contributed by atoms with E-state index in [1.165, 1.54) is 6.33 Å². The molecule has 1 saturated heterocycles. The van der Waals surface area contributed by atoms with E-state index >= 15 is 0 Å². The van der Waals surface area contributed by atoms with Crippen LogP contribution >= 0.6 is 0 Å². The van der Waals surface area contributed by atoms with Crippen LogP contribution in [-0.4, -0.2) is 46.7 Å². The number of nitrogens with one attached hydrogen (secondary N) is 1. The molecule has 0 atom stereocenters. The maximum Gasteiger partial charge on any atom is 0.353 e. The summed E-state index contributed by atoms with van der Waals surface area (Å²) in [6.07, 6.45) is 1.35. The van der Waals surface area contributed by atoms with E-state index < -0.39 is 4.92 Å². The van der Waals surface area contributed by atoms with Crippen molar-refractivity contribution in [1.29, 1.82) is 0 Å². The molecular weight excluding hydrogens is 262 g/mol. The SMILES string of the molecule is CCNc1ncnc(N2CCOC(C)(C)C2)c1[N+](=O)[O-]. The van der Waals surface area contributed by atoms with E-state index in [1.807, 2.05) is 25.7 Å². The van der Waals surface area contributed by atoms with Crippen LogP contribution in [-0.2, 0) is 4.74 Å². The van der Waals surface area contributed by atoms with Gasteiger partial charge in [-0.1, -0.05) is 0 Å². The van der Waals surface area contributed by atoms with Crippen molar-refractivity contribution in [3.05, 3.63) is 16.4 Å². The van der Waals surface area contributed by atoms with Gasteiger partial charge in [0.2, 0.25) is 11.6 Å². The molecule has 0 radical (unpaired) electrons. The lowest BCUT2D eigenvalue weighted by atomic mass is 10.1. The second kappa shape index (κ2) is 5.58. The third-order valence-corrected chi connectivity index (χ3v) is 3.05. The van der Waals surface area contributed by atoms with Gasteiger partial charge in [-0.05, 0) is 20.8 Å². The molecule has 0 unspecified atom stereocenters. The van der Waals surface area contributed by atoms with Crippen LogP contribution in [0, 0.1) is 10.1 Å². The quantitative estimate of drug-likeness (QED) is 0.659. The monoisotopic (exact) mass is 281 g/mol. The molecule has 110 valence electrons. The topological polar surface area (TPSA) is 93.4 Å². The first kappa shape index (κ1) is 14.4. The van der Waals surface area contributed by atoms with E-state index in [2.05, 4.69) is 15.3 Å². The Labute approximate surface area is 117 Å². The summed E-state index contributed by atoms with van der Waals surface area (Å²) >= 11 is 0. The molecule has 2 heterocycles. The van der Waals surface area contributed by atoms with Gasteiger partial charge in [0.05, 0.1) is 17.1 Å². The molecular formula is C12H19N5O3. The first-order chi connectivity index (χ1) is 9.44. The summed E-state index contributed by atoms with van der Waals surface area (Å²) in [5.74, 6) is 0.601. The number of hydrogen-bond acceptors (Lipinski definition) is 7. The van der Waals surface area contributed by atoms with Crippen molar-refractivity contribution < 1.29 is 9.66 Å². The van der Waals surface area contributed by atoms with E-state index in [-0.39, 0.29) is 17.1 Å². The van der Waals surface area contributed by atoms with Gasteiger partial charge in [-0.3, -0.25) is 10.1 Å². The summed E-state index contributed by atoms with van der Waals surface area (Å²) in [4.78, 5) is 20.9. The van der Waals surface area contributed by atoms with Crippen molar-refractivity contribution in [3.8, 4) is 0 Å². The molecule has 0 saturated carbocycles. The van der Waals surface area contributed by atoms with Crippen LogP contribution in [0.25, 0.3) is 0 Å². The van der Waals surface area contributed by atoms with Gasteiger partial charge in [0.25, 0.3) is 0 Å². The van der Waals surface area contributed by atoms with E-state index in [4.69, 9.17) is 4.74 Å². The van der Waals surface area contributed by atoms with Crippen LogP contribution < -0.4 is 10.2 Å². The van der Waals surface area contributed by atoms with Crippen LogP contribution in [0.5, 0.6) is 0 Å². The highest BCUT2D eigenvalue weighted by molar-refractivity contribution is 5.70. The zero-order chi connectivity index (χ0) is 14.8. The van der Waals surface area contributed by atoms with Crippen molar-refractivity contribution in [1.82, 2.24) is 9.97 Å². The Morgan fingerprint density at radius 2 is 2.30 bits per heavy atom. The third-order valence-electron chi connectivity index (χ3n) is 3.05. The highest BCUT2D eigenvalue weighted by Crippen LogP contribution is 2.33. The fourth-order valence-corrected chi connectivity index (χ4v) is 2.26. The molecule has 8 heteroatoms. The lowest BCUT2D eigenvalue weighted by Crippen LogP contribution is -2.48. The smallest absolute Gasteiger partial charge is 0.353 e.